The Morgan fingerprint density at radius 2 is 1.90 bits per heavy atom. The van der Waals surface area contributed by atoms with E-state index >= 15 is 0 Å². The molecule has 0 amide bonds. The number of aryl methyl sites for hydroxylation is 1. The molecule has 0 aliphatic carbocycles. The van der Waals surface area contributed by atoms with Crippen molar-refractivity contribution in [3.63, 3.8) is 0 Å². The Balaban J connectivity index is 2.42. The molecule has 0 bridgehead atoms. The minimum atomic E-state index is -0.425. The van der Waals surface area contributed by atoms with Gasteiger partial charge in [0.05, 0.1) is 10.6 Å². The first-order valence-electron chi connectivity index (χ1n) is 6.16. The van der Waals surface area contributed by atoms with Gasteiger partial charge in [0.15, 0.2) is 5.58 Å². The van der Waals surface area contributed by atoms with Crippen molar-refractivity contribution in [2.45, 2.75) is 6.92 Å². The third kappa shape index (κ3) is 2.61. The van der Waals surface area contributed by atoms with Crippen molar-refractivity contribution >= 4 is 50.1 Å². The highest BCUT2D eigenvalue weighted by molar-refractivity contribution is 9.10. The summed E-state index contributed by atoms with van der Waals surface area (Å²) in [6, 6.07) is 10.7. The monoisotopic (exact) mass is 382 g/mol. The summed E-state index contributed by atoms with van der Waals surface area (Å²) in [6.45, 7) is 1.87. The Morgan fingerprint density at radius 3 is 2.62 bits per heavy atom. The predicted octanol–water partition coefficient (Wildman–Crippen LogP) is 5.84. The summed E-state index contributed by atoms with van der Waals surface area (Å²) in [5.74, 6) is 0. The van der Waals surface area contributed by atoms with Gasteiger partial charge in [0, 0.05) is 14.9 Å². The lowest BCUT2D eigenvalue weighted by Crippen LogP contribution is -2.06. The smallest absolute Gasteiger partial charge is 0.344 e. The van der Waals surface area contributed by atoms with Crippen molar-refractivity contribution in [3.05, 3.63) is 66.9 Å². The molecule has 106 valence electrons. The molecule has 0 aliphatic heterocycles. The zero-order valence-corrected chi connectivity index (χ0v) is 14.0. The fraction of sp³-hybridized carbons (Fsp3) is 0.0625. The van der Waals surface area contributed by atoms with Gasteiger partial charge in [0.25, 0.3) is 0 Å². The number of fused-ring (bicyclic) bond motifs is 1. The summed E-state index contributed by atoms with van der Waals surface area (Å²) in [7, 11) is 0. The van der Waals surface area contributed by atoms with Gasteiger partial charge >= 0.3 is 5.63 Å². The maximum Gasteiger partial charge on any atom is 0.344 e. The van der Waals surface area contributed by atoms with Crippen LogP contribution in [-0.2, 0) is 0 Å². The molecular formula is C16H9BrCl2O2. The quantitative estimate of drug-likeness (QED) is 0.494. The minimum Gasteiger partial charge on any atom is -0.421 e. The van der Waals surface area contributed by atoms with Gasteiger partial charge in [-0.15, -0.1) is 0 Å². The summed E-state index contributed by atoms with van der Waals surface area (Å²) in [6.07, 6.45) is 0. The molecule has 2 nitrogen and oxygen atoms in total. The fourth-order valence-electron chi connectivity index (χ4n) is 2.35. The lowest BCUT2D eigenvalue weighted by Gasteiger charge is -2.09. The molecule has 0 saturated heterocycles. The van der Waals surface area contributed by atoms with Crippen LogP contribution in [0.4, 0.5) is 0 Å². The van der Waals surface area contributed by atoms with E-state index in [1.165, 1.54) is 0 Å². The largest absolute Gasteiger partial charge is 0.421 e. The van der Waals surface area contributed by atoms with Crippen molar-refractivity contribution in [2.24, 2.45) is 0 Å². The first kappa shape index (κ1) is 14.6. The minimum absolute atomic E-state index is 0.396. The first-order chi connectivity index (χ1) is 9.97. The molecule has 0 spiro atoms. The van der Waals surface area contributed by atoms with Gasteiger partial charge in [-0.2, -0.15) is 0 Å². The molecular weight excluding hydrogens is 375 g/mol. The normalized spacial score (nSPS) is 11.0. The Hall–Kier alpha value is -1.29. The molecule has 0 radical (unpaired) electrons. The van der Waals surface area contributed by atoms with E-state index in [4.69, 9.17) is 27.6 Å². The summed E-state index contributed by atoms with van der Waals surface area (Å²) >= 11 is 15.6. The van der Waals surface area contributed by atoms with E-state index in [0.717, 1.165) is 21.0 Å². The molecule has 21 heavy (non-hydrogen) atoms. The Bertz CT molecular complexity index is 916. The Kier molecular flexibility index (Phi) is 3.82. The van der Waals surface area contributed by atoms with E-state index < -0.39 is 5.63 Å². The summed E-state index contributed by atoms with van der Waals surface area (Å²) in [5.41, 5.74) is 2.01. The number of halogens is 3. The topological polar surface area (TPSA) is 30.2 Å². The van der Waals surface area contributed by atoms with Gasteiger partial charge in [-0.3, -0.25) is 0 Å². The van der Waals surface area contributed by atoms with Crippen molar-refractivity contribution in [2.75, 3.05) is 0 Å². The molecule has 5 heteroatoms. The van der Waals surface area contributed by atoms with Gasteiger partial charge in [0.2, 0.25) is 0 Å². The Labute approximate surface area is 139 Å². The van der Waals surface area contributed by atoms with Crippen LogP contribution < -0.4 is 5.63 Å². The van der Waals surface area contributed by atoms with Gasteiger partial charge in [0.1, 0.15) is 0 Å². The van der Waals surface area contributed by atoms with Crippen LogP contribution in [0.15, 0.2) is 50.1 Å². The molecule has 0 atom stereocenters. The highest BCUT2D eigenvalue weighted by Crippen LogP contribution is 2.33. The molecule has 0 unspecified atom stereocenters. The number of rotatable bonds is 1. The molecule has 0 saturated carbocycles. The van der Waals surface area contributed by atoms with E-state index in [0.29, 0.717) is 21.2 Å². The lowest BCUT2D eigenvalue weighted by atomic mass is 10.00. The van der Waals surface area contributed by atoms with E-state index in [1.807, 2.05) is 19.1 Å². The van der Waals surface area contributed by atoms with E-state index in [-0.39, 0.29) is 0 Å². The second kappa shape index (κ2) is 5.48. The van der Waals surface area contributed by atoms with Crippen LogP contribution in [0.25, 0.3) is 22.1 Å². The number of hydrogen-bond donors (Lipinski definition) is 0. The molecule has 0 N–H and O–H groups in total. The summed E-state index contributed by atoms with van der Waals surface area (Å²) in [4.78, 5) is 12.3. The Morgan fingerprint density at radius 1 is 1.14 bits per heavy atom. The van der Waals surface area contributed by atoms with Gasteiger partial charge in [-0.1, -0.05) is 51.3 Å². The van der Waals surface area contributed by atoms with Gasteiger partial charge < -0.3 is 4.42 Å². The van der Waals surface area contributed by atoms with Gasteiger partial charge in [-0.25, -0.2) is 4.79 Å². The van der Waals surface area contributed by atoms with Crippen molar-refractivity contribution in [1.82, 2.24) is 0 Å². The fourth-order valence-corrected chi connectivity index (χ4v) is 3.39. The second-order valence-corrected chi connectivity index (χ2v) is 6.42. The highest BCUT2D eigenvalue weighted by Gasteiger charge is 2.15. The summed E-state index contributed by atoms with van der Waals surface area (Å²) in [5, 5.41) is 1.76. The van der Waals surface area contributed by atoms with Crippen LogP contribution in [0.1, 0.15) is 5.56 Å². The van der Waals surface area contributed by atoms with E-state index in [1.54, 1.807) is 24.3 Å². The van der Waals surface area contributed by atoms with Crippen LogP contribution in [0, 0.1) is 6.92 Å². The molecule has 3 aromatic rings. The third-order valence-electron chi connectivity index (χ3n) is 3.30. The predicted molar refractivity (Wildman–Crippen MR) is 90.4 cm³/mol. The zero-order chi connectivity index (χ0) is 15.1. The van der Waals surface area contributed by atoms with Crippen LogP contribution in [0.5, 0.6) is 0 Å². The van der Waals surface area contributed by atoms with E-state index in [2.05, 4.69) is 15.9 Å². The maximum absolute atomic E-state index is 12.3. The van der Waals surface area contributed by atoms with Crippen molar-refractivity contribution in [1.29, 1.82) is 0 Å². The molecule has 2 aromatic carbocycles. The zero-order valence-electron chi connectivity index (χ0n) is 10.9. The van der Waals surface area contributed by atoms with Crippen molar-refractivity contribution in [3.8, 4) is 11.1 Å². The van der Waals surface area contributed by atoms with Crippen LogP contribution in [0.3, 0.4) is 0 Å². The first-order valence-corrected chi connectivity index (χ1v) is 7.70. The molecule has 1 heterocycles. The van der Waals surface area contributed by atoms with Gasteiger partial charge in [-0.05, 0) is 42.3 Å². The van der Waals surface area contributed by atoms with Crippen LogP contribution >= 0.6 is 39.1 Å². The van der Waals surface area contributed by atoms with Crippen molar-refractivity contribution < 1.29 is 4.42 Å². The maximum atomic E-state index is 12.3. The average Bonchev–Trinajstić information content (AvgIpc) is 2.40. The highest BCUT2D eigenvalue weighted by atomic mass is 79.9. The number of hydrogen-bond acceptors (Lipinski definition) is 2. The van der Waals surface area contributed by atoms with Crippen LogP contribution in [-0.4, -0.2) is 0 Å². The lowest BCUT2D eigenvalue weighted by molar-refractivity contribution is 0.562. The summed E-state index contributed by atoms with van der Waals surface area (Å²) < 4.78 is 6.23. The van der Waals surface area contributed by atoms with E-state index in [9.17, 15) is 4.79 Å². The SMILES string of the molecule is Cc1c(-c2cccc(Cl)c2)c(=O)oc2c(Cl)cc(Br)cc12. The third-order valence-corrected chi connectivity index (χ3v) is 4.27. The molecule has 1 aromatic heterocycles. The van der Waals surface area contributed by atoms with Crippen LogP contribution in [0.2, 0.25) is 10.0 Å². The molecule has 0 fully saturated rings. The molecule has 3 rings (SSSR count). The number of benzene rings is 2. The second-order valence-electron chi connectivity index (χ2n) is 4.66. The molecule has 0 aliphatic rings. The standard InChI is InChI=1S/C16H9BrCl2O2/c1-8-12-6-10(17)7-13(19)15(12)21-16(20)14(8)9-3-2-4-11(18)5-9/h2-7H,1H3. The average molecular weight is 384 g/mol.